The summed E-state index contributed by atoms with van der Waals surface area (Å²) in [4.78, 5) is 24.2. The second-order valence-corrected chi connectivity index (χ2v) is 5.11. The number of carbonyl (C=O) groups is 2. The fraction of sp³-hybridized carbons (Fsp3) is 0.667. The van der Waals surface area contributed by atoms with Gasteiger partial charge in [0.1, 0.15) is 11.6 Å². The van der Waals surface area contributed by atoms with Crippen LogP contribution >= 0.6 is 0 Å². The van der Waals surface area contributed by atoms with Gasteiger partial charge < -0.3 is 9.84 Å². The van der Waals surface area contributed by atoms with Crippen molar-refractivity contribution in [3.05, 3.63) is 11.6 Å². The highest BCUT2D eigenvalue weighted by molar-refractivity contribution is 5.82. The second-order valence-electron chi connectivity index (χ2n) is 5.11. The highest BCUT2D eigenvalue weighted by atomic mass is 16.6. The zero-order valence-corrected chi connectivity index (χ0v) is 10.7. The van der Waals surface area contributed by atoms with Crippen LogP contribution in [0.15, 0.2) is 11.6 Å². The number of likely N-dealkylation sites (tertiary alicyclic amines) is 1. The third-order valence-electron chi connectivity index (χ3n) is 2.53. The first-order valence-corrected chi connectivity index (χ1v) is 5.61. The van der Waals surface area contributed by atoms with Crippen molar-refractivity contribution < 1.29 is 19.4 Å². The minimum absolute atomic E-state index is 0.336. The molecular formula is C12H19NO4. The normalized spacial score (nSPS) is 22.9. The molecule has 1 atom stereocenters. The maximum Gasteiger partial charge on any atom is 0.411 e. The highest BCUT2D eigenvalue weighted by Gasteiger charge is 2.38. The molecule has 5 heteroatoms. The van der Waals surface area contributed by atoms with E-state index in [4.69, 9.17) is 9.84 Å². The molecule has 0 aromatic rings. The van der Waals surface area contributed by atoms with Crippen LogP contribution in [0.2, 0.25) is 0 Å². The molecule has 1 amide bonds. The van der Waals surface area contributed by atoms with Crippen molar-refractivity contribution in [1.82, 2.24) is 4.90 Å². The Kier molecular flexibility index (Phi) is 3.80. The van der Waals surface area contributed by atoms with Gasteiger partial charge in [0.2, 0.25) is 0 Å². The van der Waals surface area contributed by atoms with Crippen molar-refractivity contribution in [3.8, 4) is 0 Å². The van der Waals surface area contributed by atoms with Crippen molar-refractivity contribution in [2.45, 2.75) is 45.8 Å². The Labute approximate surface area is 101 Å². The zero-order valence-electron chi connectivity index (χ0n) is 10.7. The maximum atomic E-state index is 11.9. The average molecular weight is 241 g/mol. The first-order chi connectivity index (χ1) is 7.74. The third kappa shape index (κ3) is 3.47. The predicted molar refractivity (Wildman–Crippen MR) is 62.7 cm³/mol. The predicted octanol–water partition coefficient (Wildman–Crippen LogP) is 2.03. The largest absolute Gasteiger partial charge is 0.480 e. The van der Waals surface area contributed by atoms with E-state index in [1.165, 1.54) is 4.90 Å². The summed E-state index contributed by atoms with van der Waals surface area (Å²) in [6.07, 6.45) is 1.66. The summed E-state index contributed by atoms with van der Waals surface area (Å²) < 4.78 is 5.19. The van der Waals surface area contributed by atoms with E-state index in [-0.39, 0.29) is 0 Å². The smallest absolute Gasteiger partial charge is 0.411 e. The van der Waals surface area contributed by atoms with Crippen molar-refractivity contribution >= 4 is 12.1 Å². The fourth-order valence-corrected chi connectivity index (χ4v) is 1.69. The van der Waals surface area contributed by atoms with Gasteiger partial charge in [0.05, 0.1) is 0 Å². The molecule has 0 saturated carbocycles. The van der Waals surface area contributed by atoms with Gasteiger partial charge in [-0.25, -0.2) is 9.59 Å². The van der Waals surface area contributed by atoms with E-state index in [0.29, 0.717) is 13.0 Å². The van der Waals surface area contributed by atoms with Crippen molar-refractivity contribution in [2.75, 3.05) is 6.54 Å². The summed E-state index contributed by atoms with van der Waals surface area (Å²) in [5.41, 5.74) is 0.335. The van der Waals surface area contributed by atoms with Gasteiger partial charge in [0.25, 0.3) is 0 Å². The van der Waals surface area contributed by atoms with Gasteiger partial charge in [-0.05, 0) is 27.7 Å². The van der Waals surface area contributed by atoms with Crippen LogP contribution in [-0.4, -0.2) is 40.3 Å². The van der Waals surface area contributed by atoms with Gasteiger partial charge in [0.15, 0.2) is 0 Å². The van der Waals surface area contributed by atoms with Crippen LogP contribution in [0.3, 0.4) is 0 Å². The number of carboxylic acid groups (broad SMARTS) is 1. The Bertz CT molecular complexity index is 354. The lowest BCUT2D eigenvalue weighted by atomic mass is 10.1. The number of allylic oxidation sites excluding steroid dienone is 1. The lowest BCUT2D eigenvalue weighted by molar-refractivity contribution is -0.142. The summed E-state index contributed by atoms with van der Waals surface area (Å²) in [6.45, 7) is 7.45. The number of nitrogens with zero attached hydrogens (tertiary/aromatic N) is 1. The third-order valence-corrected chi connectivity index (χ3v) is 2.53. The minimum Gasteiger partial charge on any atom is -0.480 e. The standard InChI is InChI=1S/C12H19NO4/c1-5-8-6-9(10(14)15)13(7-8)11(16)17-12(2,3)4/h5,9H,6-7H2,1-4H3,(H,14,15)/t9-/m0/s1. The van der Waals surface area contributed by atoms with E-state index in [2.05, 4.69) is 0 Å². The van der Waals surface area contributed by atoms with Crippen LogP contribution in [0, 0.1) is 0 Å². The summed E-state index contributed by atoms with van der Waals surface area (Å²) in [7, 11) is 0. The van der Waals surface area contributed by atoms with E-state index in [9.17, 15) is 9.59 Å². The van der Waals surface area contributed by atoms with Crippen LogP contribution < -0.4 is 0 Å². The summed E-state index contributed by atoms with van der Waals surface area (Å²) >= 11 is 0. The summed E-state index contributed by atoms with van der Waals surface area (Å²) in [6, 6.07) is -0.809. The van der Waals surface area contributed by atoms with Crippen LogP contribution in [0.1, 0.15) is 34.1 Å². The van der Waals surface area contributed by atoms with Gasteiger partial charge in [-0.3, -0.25) is 4.90 Å². The Balaban J connectivity index is 2.81. The Morgan fingerprint density at radius 3 is 2.47 bits per heavy atom. The molecule has 1 N–H and O–H groups in total. The van der Waals surface area contributed by atoms with E-state index < -0.39 is 23.7 Å². The average Bonchev–Trinajstić information content (AvgIpc) is 2.58. The first-order valence-electron chi connectivity index (χ1n) is 5.61. The molecule has 1 saturated heterocycles. The van der Waals surface area contributed by atoms with Crippen molar-refractivity contribution in [1.29, 1.82) is 0 Å². The van der Waals surface area contributed by atoms with Crippen molar-refractivity contribution in [3.63, 3.8) is 0 Å². The number of rotatable bonds is 1. The highest BCUT2D eigenvalue weighted by Crippen LogP contribution is 2.24. The molecule has 1 aliphatic heterocycles. The lowest BCUT2D eigenvalue weighted by Crippen LogP contribution is -2.43. The Morgan fingerprint density at radius 1 is 1.47 bits per heavy atom. The van der Waals surface area contributed by atoms with Crippen LogP contribution in [0.25, 0.3) is 0 Å². The minimum atomic E-state index is -0.993. The molecule has 0 aromatic carbocycles. The zero-order chi connectivity index (χ0) is 13.2. The number of aliphatic carboxylic acids is 1. The molecule has 0 spiro atoms. The van der Waals surface area contributed by atoms with E-state index >= 15 is 0 Å². The van der Waals surface area contributed by atoms with Crippen LogP contribution in [-0.2, 0) is 9.53 Å². The van der Waals surface area contributed by atoms with Crippen LogP contribution in [0.5, 0.6) is 0 Å². The number of hydrogen-bond acceptors (Lipinski definition) is 3. The monoisotopic (exact) mass is 241 g/mol. The maximum absolute atomic E-state index is 11.9. The number of hydrogen-bond donors (Lipinski definition) is 1. The first kappa shape index (κ1) is 13.5. The molecule has 96 valence electrons. The number of ether oxygens (including phenoxy) is 1. The van der Waals surface area contributed by atoms with E-state index in [1.807, 2.05) is 13.0 Å². The molecule has 0 aliphatic carbocycles. The van der Waals surface area contributed by atoms with Gasteiger partial charge in [0, 0.05) is 13.0 Å². The lowest BCUT2D eigenvalue weighted by Gasteiger charge is -2.26. The van der Waals surface area contributed by atoms with Crippen LogP contribution in [0.4, 0.5) is 4.79 Å². The second kappa shape index (κ2) is 4.77. The summed E-state index contributed by atoms with van der Waals surface area (Å²) in [5, 5.41) is 9.07. The number of carboxylic acids is 1. The van der Waals surface area contributed by atoms with Gasteiger partial charge >= 0.3 is 12.1 Å². The molecule has 1 aliphatic rings. The van der Waals surface area contributed by atoms with Gasteiger partial charge in [-0.1, -0.05) is 11.6 Å². The topological polar surface area (TPSA) is 66.8 Å². The fourth-order valence-electron chi connectivity index (χ4n) is 1.69. The van der Waals surface area contributed by atoms with Gasteiger partial charge in [-0.2, -0.15) is 0 Å². The molecule has 1 fully saturated rings. The molecule has 0 unspecified atom stereocenters. The molecule has 17 heavy (non-hydrogen) atoms. The molecule has 1 rings (SSSR count). The Morgan fingerprint density at radius 2 is 2.06 bits per heavy atom. The quantitative estimate of drug-likeness (QED) is 0.713. The van der Waals surface area contributed by atoms with E-state index in [1.54, 1.807) is 20.8 Å². The number of amides is 1. The van der Waals surface area contributed by atoms with E-state index in [0.717, 1.165) is 5.57 Å². The molecule has 0 radical (unpaired) electrons. The van der Waals surface area contributed by atoms with Crippen molar-refractivity contribution in [2.24, 2.45) is 0 Å². The Hall–Kier alpha value is -1.52. The molecule has 5 nitrogen and oxygen atoms in total. The number of carbonyl (C=O) groups excluding carboxylic acids is 1. The SMILES string of the molecule is CC=C1C[C@@H](C(=O)O)N(C(=O)OC(C)(C)C)C1. The molecule has 0 aromatic heterocycles. The summed E-state index contributed by atoms with van der Waals surface area (Å²) in [5.74, 6) is -0.993. The molecular weight excluding hydrogens is 222 g/mol. The molecule has 0 bridgehead atoms. The van der Waals surface area contributed by atoms with Gasteiger partial charge in [-0.15, -0.1) is 0 Å². The molecule has 1 heterocycles.